The monoisotopic (exact) mass is 236 g/mol. The highest BCUT2D eigenvalue weighted by molar-refractivity contribution is 6.02. The molecule has 2 heteroatoms. The maximum Gasteiger partial charge on any atom is 0.344 e. The molecule has 0 atom stereocenters. The van der Waals surface area contributed by atoms with Gasteiger partial charge in [0.25, 0.3) is 0 Å². The van der Waals surface area contributed by atoms with Gasteiger partial charge in [0.15, 0.2) is 0 Å². The van der Waals surface area contributed by atoms with Gasteiger partial charge in [-0.1, -0.05) is 48.5 Å². The SMILES string of the molecule is O=C1O/C(=C\Cc2ccccc2)c2ccccc21. The molecule has 1 heterocycles. The zero-order valence-corrected chi connectivity index (χ0v) is 9.80. The van der Waals surface area contributed by atoms with Crippen molar-refractivity contribution in [2.24, 2.45) is 0 Å². The molecule has 0 unspecified atom stereocenters. The van der Waals surface area contributed by atoms with Crippen molar-refractivity contribution < 1.29 is 9.53 Å². The second-order valence-electron chi connectivity index (χ2n) is 4.19. The Hall–Kier alpha value is -2.35. The second kappa shape index (κ2) is 4.49. The summed E-state index contributed by atoms with van der Waals surface area (Å²) < 4.78 is 5.28. The first kappa shape index (κ1) is 10.8. The number of cyclic esters (lactones) is 1. The zero-order chi connectivity index (χ0) is 12.4. The van der Waals surface area contributed by atoms with E-state index in [1.165, 1.54) is 5.56 Å². The maximum atomic E-state index is 11.6. The Kier molecular flexibility index (Phi) is 2.69. The van der Waals surface area contributed by atoms with Gasteiger partial charge in [-0.15, -0.1) is 0 Å². The Morgan fingerprint density at radius 3 is 2.33 bits per heavy atom. The van der Waals surface area contributed by atoms with Gasteiger partial charge < -0.3 is 4.74 Å². The van der Waals surface area contributed by atoms with Crippen LogP contribution >= 0.6 is 0 Å². The number of allylic oxidation sites excluding steroid dienone is 1. The molecule has 88 valence electrons. The van der Waals surface area contributed by atoms with Crippen molar-refractivity contribution in [1.29, 1.82) is 0 Å². The largest absolute Gasteiger partial charge is 0.423 e. The lowest BCUT2D eigenvalue weighted by atomic mass is 10.1. The van der Waals surface area contributed by atoms with Crippen molar-refractivity contribution in [3.63, 3.8) is 0 Å². The molecule has 0 amide bonds. The van der Waals surface area contributed by atoms with E-state index in [0.29, 0.717) is 11.3 Å². The van der Waals surface area contributed by atoms with E-state index in [9.17, 15) is 4.79 Å². The van der Waals surface area contributed by atoms with Crippen LogP contribution in [0.15, 0.2) is 60.7 Å². The molecule has 0 bridgehead atoms. The van der Waals surface area contributed by atoms with Gasteiger partial charge in [0.1, 0.15) is 5.76 Å². The van der Waals surface area contributed by atoms with Gasteiger partial charge in [0, 0.05) is 5.56 Å². The number of ether oxygens (including phenoxy) is 1. The molecule has 18 heavy (non-hydrogen) atoms. The van der Waals surface area contributed by atoms with Crippen LogP contribution in [-0.2, 0) is 11.2 Å². The highest BCUT2D eigenvalue weighted by atomic mass is 16.5. The minimum atomic E-state index is -0.259. The van der Waals surface area contributed by atoms with Crippen LogP contribution < -0.4 is 0 Å². The van der Waals surface area contributed by atoms with Crippen molar-refractivity contribution in [2.75, 3.05) is 0 Å². The molecule has 0 saturated heterocycles. The van der Waals surface area contributed by atoms with Crippen LogP contribution in [0.5, 0.6) is 0 Å². The van der Waals surface area contributed by atoms with Crippen molar-refractivity contribution in [3.8, 4) is 0 Å². The average molecular weight is 236 g/mol. The van der Waals surface area contributed by atoms with Crippen molar-refractivity contribution in [2.45, 2.75) is 6.42 Å². The minimum Gasteiger partial charge on any atom is -0.423 e. The number of carbonyl (C=O) groups is 1. The zero-order valence-electron chi connectivity index (χ0n) is 9.80. The fourth-order valence-electron chi connectivity index (χ4n) is 2.06. The molecule has 0 aromatic heterocycles. The van der Waals surface area contributed by atoms with Gasteiger partial charge >= 0.3 is 5.97 Å². The van der Waals surface area contributed by atoms with E-state index in [1.54, 1.807) is 6.07 Å². The molecule has 0 N–H and O–H groups in total. The van der Waals surface area contributed by atoms with E-state index >= 15 is 0 Å². The standard InChI is InChI=1S/C16H12O2/c17-16-14-9-5-4-8-13(14)15(18-16)11-10-12-6-2-1-3-7-12/h1-9,11H,10H2/b15-11-. The Balaban J connectivity index is 1.89. The quantitative estimate of drug-likeness (QED) is 0.746. The number of rotatable bonds is 2. The van der Waals surface area contributed by atoms with E-state index in [4.69, 9.17) is 4.74 Å². The number of carbonyl (C=O) groups excluding carboxylic acids is 1. The van der Waals surface area contributed by atoms with Crippen molar-refractivity contribution >= 4 is 11.7 Å². The van der Waals surface area contributed by atoms with Crippen LogP contribution in [0.4, 0.5) is 0 Å². The summed E-state index contributed by atoms with van der Waals surface area (Å²) in [6, 6.07) is 17.6. The van der Waals surface area contributed by atoms with E-state index < -0.39 is 0 Å². The highest BCUT2D eigenvalue weighted by Crippen LogP contribution is 2.29. The first-order valence-electron chi connectivity index (χ1n) is 5.90. The lowest BCUT2D eigenvalue weighted by Crippen LogP contribution is -1.92. The van der Waals surface area contributed by atoms with E-state index in [-0.39, 0.29) is 5.97 Å². The maximum absolute atomic E-state index is 11.6. The number of benzene rings is 2. The molecule has 2 aromatic rings. The van der Waals surface area contributed by atoms with Crippen LogP contribution in [0.3, 0.4) is 0 Å². The van der Waals surface area contributed by atoms with Gasteiger partial charge in [-0.3, -0.25) is 0 Å². The molecule has 3 rings (SSSR count). The van der Waals surface area contributed by atoms with Crippen LogP contribution in [-0.4, -0.2) is 5.97 Å². The summed E-state index contributed by atoms with van der Waals surface area (Å²) in [7, 11) is 0. The van der Waals surface area contributed by atoms with E-state index in [0.717, 1.165) is 12.0 Å². The molecule has 2 nitrogen and oxygen atoms in total. The summed E-state index contributed by atoms with van der Waals surface area (Å²) in [5.41, 5.74) is 2.74. The lowest BCUT2D eigenvalue weighted by molar-refractivity contribution is 0.0715. The minimum absolute atomic E-state index is 0.259. The van der Waals surface area contributed by atoms with Gasteiger partial charge in [0.2, 0.25) is 0 Å². The molecule has 0 fully saturated rings. The van der Waals surface area contributed by atoms with Crippen LogP contribution in [0.25, 0.3) is 5.76 Å². The molecule has 0 aliphatic carbocycles. The van der Waals surface area contributed by atoms with Crippen LogP contribution in [0.2, 0.25) is 0 Å². The average Bonchev–Trinajstić information content (AvgIpc) is 2.75. The van der Waals surface area contributed by atoms with Gasteiger partial charge in [-0.2, -0.15) is 0 Å². The molecule has 1 aliphatic heterocycles. The molecule has 1 aliphatic rings. The summed E-state index contributed by atoms with van der Waals surface area (Å²) in [6.45, 7) is 0. The van der Waals surface area contributed by atoms with Gasteiger partial charge in [-0.25, -0.2) is 4.79 Å². The summed E-state index contributed by atoms with van der Waals surface area (Å²) in [6.07, 6.45) is 2.72. The molecular weight excluding hydrogens is 224 g/mol. The second-order valence-corrected chi connectivity index (χ2v) is 4.19. The first-order chi connectivity index (χ1) is 8.84. The highest BCUT2D eigenvalue weighted by Gasteiger charge is 2.25. The van der Waals surface area contributed by atoms with Gasteiger partial charge in [-0.05, 0) is 24.1 Å². The fourth-order valence-corrected chi connectivity index (χ4v) is 2.06. The first-order valence-corrected chi connectivity index (χ1v) is 5.90. The number of fused-ring (bicyclic) bond motifs is 1. The topological polar surface area (TPSA) is 26.3 Å². The third-order valence-corrected chi connectivity index (χ3v) is 2.98. The predicted octanol–water partition coefficient (Wildman–Crippen LogP) is 3.44. The molecular formula is C16H12O2. The Labute approximate surface area is 106 Å². The smallest absolute Gasteiger partial charge is 0.344 e. The van der Waals surface area contributed by atoms with Gasteiger partial charge in [0.05, 0.1) is 5.56 Å². The van der Waals surface area contributed by atoms with Crippen molar-refractivity contribution in [3.05, 3.63) is 77.4 Å². The predicted molar refractivity (Wildman–Crippen MR) is 70.0 cm³/mol. The van der Waals surface area contributed by atoms with E-state index in [2.05, 4.69) is 12.1 Å². The van der Waals surface area contributed by atoms with Crippen molar-refractivity contribution in [1.82, 2.24) is 0 Å². The van der Waals surface area contributed by atoms with E-state index in [1.807, 2.05) is 42.5 Å². The molecule has 2 aromatic carbocycles. The summed E-state index contributed by atoms with van der Waals surface area (Å²) in [5, 5.41) is 0. The number of hydrogen-bond donors (Lipinski definition) is 0. The summed E-state index contributed by atoms with van der Waals surface area (Å²) in [4.78, 5) is 11.6. The third-order valence-electron chi connectivity index (χ3n) is 2.98. The molecule has 0 spiro atoms. The van der Waals surface area contributed by atoms with Crippen LogP contribution in [0, 0.1) is 0 Å². The Morgan fingerprint density at radius 2 is 1.56 bits per heavy atom. The summed E-state index contributed by atoms with van der Waals surface area (Å²) in [5.74, 6) is 0.407. The third kappa shape index (κ3) is 1.93. The molecule has 0 saturated carbocycles. The fraction of sp³-hybridized carbons (Fsp3) is 0.0625. The van der Waals surface area contributed by atoms with Crippen LogP contribution in [0.1, 0.15) is 21.5 Å². The number of esters is 1. The summed E-state index contributed by atoms with van der Waals surface area (Å²) >= 11 is 0. The Bertz CT molecular complexity index is 612. The normalized spacial score (nSPS) is 15.6. The molecule has 0 radical (unpaired) electrons. The lowest BCUT2D eigenvalue weighted by Gasteiger charge is -1.99. The number of hydrogen-bond acceptors (Lipinski definition) is 2. The Morgan fingerprint density at radius 1 is 0.889 bits per heavy atom.